The summed E-state index contributed by atoms with van der Waals surface area (Å²) in [6.45, 7) is 2.01. The van der Waals surface area contributed by atoms with Crippen LogP contribution in [0.25, 0.3) is 0 Å². The number of halogens is 2. The molecule has 0 saturated heterocycles. The smallest absolute Gasteiger partial charge is 0.279 e. The Balaban J connectivity index is 1.84. The van der Waals surface area contributed by atoms with Gasteiger partial charge in [-0.3, -0.25) is 9.59 Å². The summed E-state index contributed by atoms with van der Waals surface area (Å²) in [6.07, 6.45) is 2.10. The van der Waals surface area contributed by atoms with Crippen molar-refractivity contribution in [1.82, 2.24) is 5.32 Å². The van der Waals surface area contributed by atoms with Gasteiger partial charge in [0, 0.05) is 11.7 Å². The van der Waals surface area contributed by atoms with Crippen LogP contribution in [0.5, 0.6) is 0 Å². The molecule has 22 heavy (non-hydrogen) atoms. The number of hydrogen-bond donors (Lipinski definition) is 3. The number of carbonyl (C=O) groups is 2. The first-order valence-electron chi connectivity index (χ1n) is 7.24. The molecule has 5 nitrogen and oxygen atoms in total. The predicted molar refractivity (Wildman–Crippen MR) is 87.5 cm³/mol. The lowest BCUT2D eigenvalue weighted by molar-refractivity contribution is -0.885. The molecule has 2 atom stereocenters. The number of anilines is 1. The van der Waals surface area contributed by atoms with Gasteiger partial charge in [-0.05, 0) is 38.0 Å². The summed E-state index contributed by atoms with van der Waals surface area (Å²) in [5.74, 6) is -0.190. The van der Waals surface area contributed by atoms with Crippen LogP contribution in [-0.4, -0.2) is 37.5 Å². The number of rotatable bonds is 6. The van der Waals surface area contributed by atoms with Crippen molar-refractivity contribution in [3.63, 3.8) is 0 Å². The molecular weight excluding hydrogens is 325 g/mol. The summed E-state index contributed by atoms with van der Waals surface area (Å²) in [4.78, 5) is 24.8. The van der Waals surface area contributed by atoms with Gasteiger partial charge in [-0.1, -0.05) is 23.2 Å². The topological polar surface area (TPSA) is 62.6 Å². The number of benzene rings is 1. The van der Waals surface area contributed by atoms with Crippen LogP contribution in [0.2, 0.25) is 10.0 Å². The standard InChI is InChI=1S/C15H19Cl2N3O2/c1-9(15(22)19-10-3-4-10)20(2)8-14(21)18-11-5-6-12(16)13(17)7-11/h5-7,9-10H,3-4,8H2,1-2H3,(H,18,21)(H,19,22)/p+1/t9-/m1/s1. The van der Waals surface area contributed by atoms with Crippen molar-refractivity contribution in [3.05, 3.63) is 28.2 Å². The van der Waals surface area contributed by atoms with Gasteiger partial charge >= 0.3 is 0 Å². The molecule has 1 saturated carbocycles. The highest BCUT2D eigenvalue weighted by Gasteiger charge is 2.29. The summed E-state index contributed by atoms with van der Waals surface area (Å²) in [6, 6.07) is 4.96. The quantitative estimate of drug-likeness (QED) is 0.723. The van der Waals surface area contributed by atoms with E-state index in [-0.39, 0.29) is 24.4 Å². The van der Waals surface area contributed by atoms with Crippen molar-refractivity contribution in [2.45, 2.75) is 31.8 Å². The third-order valence-corrected chi connectivity index (χ3v) is 4.44. The fourth-order valence-corrected chi connectivity index (χ4v) is 2.26. The summed E-state index contributed by atoms with van der Waals surface area (Å²) in [5, 5.41) is 6.52. The zero-order chi connectivity index (χ0) is 16.3. The first-order chi connectivity index (χ1) is 10.4. The monoisotopic (exact) mass is 344 g/mol. The van der Waals surface area contributed by atoms with Crippen LogP contribution >= 0.6 is 23.2 Å². The SMILES string of the molecule is C[C@H](C(=O)NC1CC1)[NH+](C)CC(=O)Nc1ccc(Cl)c(Cl)c1. The summed E-state index contributed by atoms with van der Waals surface area (Å²) in [5.41, 5.74) is 0.585. The van der Waals surface area contributed by atoms with Gasteiger partial charge in [0.1, 0.15) is 0 Å². The lowest BCUT2D eigenvalue weighted by Crippen LogP contribution is -3.15. The molecule has 3 N–H and O–H groups in total. The second kappa shape index (κ2) is 7.31. The average molecular weight is 345 g/mol. The summed E-state index contributed by atoms with van der Waals surface area (Å²) < 4.78 is 0. The fraction of sp³-hybridized carbons (Fsp3) is 0.467. The average Bonchev–Trinajstić information content (AvgIpc) is 3.25. The molecule has 1 aromatic rings. The van der Waals surface area contributed by atoms with Gasteiger partial charge in [-0.2, -0.15) is 0 Å². The maximum Gasteiger partial charge on any atom is 0.279 e. The largest absolute Gasteiger partial charge is 0.348 e. The van der Waals surface area contributed by atoms with E-state index in [1.807, 2.05) is 14.0 Å². The lowest BCUT2D eigenvalue weighted by atomic mass is 10.2. The molecular formula is C15H20Cl2N3O2+. The molecule has 120 valence electrons. The van der Waals surface area contributed by atoms with Crippen molar-refractivity contribution in [2.24, 2.45) is 0 Å². The lowest BCUT2D eigenvalue weighted by Gasteiger charge is -2.20. The molecule has 2 rings (SSSR count). The molecule has 0 heterocycles. The minimum Gasteiger partial charge on any atom is -0.348 e. The first kappa shape index (κ1) is 17.1. The Morgan fingerprint density at radius 2 is 2.00 bits per heavy atom. The van der Waals surface area contributed by atoms with Gasteiger partial charge in [0.25, 0.3) is 11.8 Å². The van der Waals surface area contributed by atoms with E-state index >= 15 is 0 Å². The molecule has 1 aliphatic rings. The van der Waals surface area contributed by atoms with Crippen LogP contribution in [0.15, 0.2) is 18.2 Å². The number of nitrogens with one attached hydrogen (secondary N) is 3. The molecule has 0 aromatic heterocycles. The van der Waals surface area contributed by atoms with Crippen LogP contribution in [0.1, 0.15) is 19.8 Å². The van der Waals surface area contributed by atoms with Crippen molar-refractivity contribution in [3.8, 4) is 0 Å². The fourth-order valence-electron chi connectivity index (χ4n) is 1.96. The minimum atomic E-state index is -0.278. The van der Waals surface area contributed by atoms with E-state index in [9.17, 15) is 9.59 Å². The molecule has 1 fully saturated rings. The predicted octanol–water partition coefficient (Wildman–Crippen LogP) is 1.11. The van der Waals surface area contributed by atoms with Gasteiger partial charge in [0.15, 0.2) is 12.6 Å². The number of likely N-dealkylation sites (N-methyl/N-ethyl adjacent to an activating group) is 1. The molecule has 1 unspecified atom stereocenters. The Hall–Kier alpha value is -1.30. The Morgan fingerprint density at radius 3 is 2.59 bits per heavy atom. The second-order valence-corrected chi connectivity index (χ2v) is 6.52. The first-order valence-corrected chi connectivity index (χ1v) is 8.00. The van der Waals surface area contributed by atoms with Crippen LogP contribution in [0, 0.1) is 0 Å². The van der Waals surface area contributed by atoms with E-state index < -0.39 is 0 Å². The van der Waals surface area contributed by atoms with Crippen molar-refractivity contribution in [1.29, 1.82) is 0 Å². The number of amides is 2. The van der Waals surface area contributed by atoms with Gasteiger partial charge < -0.3 is 15.5 Å². The Morgan fingerprint density at radius 1 is 1.32 bits per heavy atom. The van der Waals surface area contributed by atoms with Gasteiger partial charge in [-0.25, -0.2) is 0 Å². The molecule has 1 aliphatic carbocycles. The molecule has 2 amide bonds. The van der Waals surface area contributed by atoms with Crippen molar-refractivity contribution in [2.75, 3.05) is 18.9 Å². The van der Waals surface area contributed by atoms with E-state index in [2.05, 4.69) is 10.6 Å². The highest BCUT2D eigenvalue weighted by Crippen LogP contribution is 2.24. The molecule has 0 spiro atoms. The van der Waals surface area contributed by atoms with E-state index in [1.165, 1.54) is 0 Å². The highest BCUT2D eigenvalue weighted by atomic mass is 35.5. The van der Waals surface area contributed by atoms with Crippen molar-refractivity contribution >= 4 is 40.7 Å². The Kier molecular flexibility index (Phi) is 5.67. The summed E-state index contributed by atoms with van der Waals surface area (Å²) in [7, 11) is 1.82. The zero-order valence-corrected chi connectivity index (χ0v) is 14.1. The van der Waals surface area contributed by atoms with E-state index in [4.69, 9.17) is 23.2 Å². The highest BCUT2D eigenvalue weighted by molar-refractivity contribution is 6.42. The number of carbonyl (C=O) groups excluding carboxylic acids is 2. The summed E-state index contributed by atoms with van der Waals surface area (Å²) >= 11 is 11.7. The third-order valence-electron chi connectivity index (χ3n) is 3.70. The maximum absolute atomic E-state index is 12.0. The van der Waals surface area contributed by atoms with E-state index in [1.54, 1.807) is 18.2 Å². The molecule has 1 aromatic carbocycles. The van der Waals surface area contributed by atoms with Crippen LogP contribution in [-0.2, 0) is 9.59 Å². The minimum absolute atomic E-state index is 0.0117. The Bertz CT molecular complexity index is 576. The molecule has 0 bridgehead atoms. The van der Waals surface area contributed by atoms with Crippen LogP contribution in [0.4, 0.5) is 5.69 Å². The molecule has 0 aliphatic heterocycles. The zero-order valence-electron chi connectivity index (χ0n) is 12.6. The van der Waals surface area contributed by atoms with Gasteiger partial charge in [0.05, 0.1) is 17.1 Å². The normalized spacial score (nSPS) is 16.7. The van der Waals surface area contributed by atoms with Crippen LogP contribution in [0.3, 0.4) is 0 Å². The molecule has 0 radical (unpaired) electrons. The number of hydrogen-bond acceptors (Lipinski definition) is 2. The van der Waals surface area contributed by atoms with Gasteiger partial charge in [-0.15, -0.1) is 0 Å². The van der Waals surface area contributed by atoms with Crippen molar-refractivity contribution < 1.29 is 14.5 Å². The van der Waals surface area contributed by atoms with E-state index in [0.717, 1.165) is 17.7 Å². The number of quaternary nitrogens is 1. The van der Waals surface area contributed by atoms with Gasteiger partial charge in [0.2, 0.25) is 0 Å². The third kappa shape index (κ3) is 4.87. The molecule has 7 heteroatoms. The van der Waals surface area contributed by atoms with E-state index in [0.29, 0.717) is 21.8 Å². The second-order valence-electron chi connectivity index (χ2n) is 5.70. The maximum atomic E-state index is 12.0. The van der Waals surface area contributed by atoms with Crippen LogP contribution < -0.4 is 15.5 Å². The Labute approximate surface area is 139 Å².